The predicted octanol–water partition coefficient (Wildman–Crippen LogP) is 3.33. The molecule has 1 aliphatic heterocycles. The summed E-state index contributed by atoms with van der Waals surface area (Å²) in [6, 6.07) is 15.2. The quantitative estimate of drug-likeness (QED) is 0.675. The van der Waals surface area contributed by atoms with E-state index >= 15 is 0 Å². The Balaban J connectivity index is 2.03. The third-order valence-corrected chi connectivity index (χ3v) is 4.08. The van der Waals surface area contributed by atoms with Gasteiger partial charge in [-0.15, -0.1) is 0 Å². The molecule has 1 heterocycles. The number of ketones is 1. The Labute approximate surface area is 136 Å². The van der Waals surface area contributed by atoms with Crippen molar-refractivity contribution in [3.8, 4) is 0 Å². The highest BCUT2D eigenvalue weighted by atomic mass is 16.3. The lowest BCUT2D eigenvalue weighted by atomic mass is 9.84. The van der Waals surface area contributed by atoms with E-state index < -0.39 is 0 Å². The smallest absolute Gasteiger partial charge is 0.187 e. The molecule has 0 aromatic heterocycles. The zero-order valence-corrected chi connectivity index (χ0v) is 13.5. The molecule has 2 aromatic carbocycles. The first-order chi connectivity index (χ1) is 11.0. The van der Waals surface area contributed by atoms with Crippen LogP contribution in [0, 0.1) is 0 Å². The van der Waals surface area contributed by atoms with E-state index in [2.05, 4.69) is 19.2 Å². The molecule has 0 fully saturated rings. The second-order valence-corrected chi connectivity index (χ2v) is 6.62. The van der Waals surface area contributed by atoms with Crippen LogP contribution in [-0.4, -0.2) is 16.4 Å². The molecule has 1 aliphatic rings. The number of benzene rings is 2. The topological polar surface area (TPSA) is 49.3 Å². The molecule has 0 saturated heterocycles. The highest BCUT2D eigenvalue weighted by Crippen LogP contribution is 2.30. The van der Waals surface area contributed by atoms with E-state index in [9.17, 15) is 9.90 Å². The van der Waals surface area contributed by atoms with Gasteiger partial charge in [0.05, 0.1) is 6.61 Å². The largest absolute Gasteiger partial charge is 0.392 e. The van der Waals surface area contributed by atoms with Crippen molar-refractivity contribution in [2.45, 2.75) is 32.4 Å². The first-order valence-corrected chi connectivity index (χ1v) is 7.81. The predicted molar refractivity (Wildman–Crippen MR) is 92.0 cm³/mol. The summed E-state index contributed by atoms with van der Waals surface area (Å²) in [6.45, 7) is 4.26. The molecule has 0 bridgehead atoms. The van der Waals surface area contributed by atoms with Crippen molar-refractivity contribution in [3.05, 3.63) is 76.9 Å². The van der Waals surface area contributed by atoms with Crippen LogP contribution in [0.15, 0.2) is 54.6 Å². The standard InChI is InChI=1S/C20H21NO2/c1-20(2)12-16-10-14(13-22)8-9-17(16)18(21-20)11-19(23)15-6-4-3-5-7-15/h3-11,21-22H,12-13H2,1-2H3/b18-11-. The monoisotopic (exact) mass is 307 g/mol. The van der Waals surface area contributed by atoms with Crippen LogP contribution in [0.2, 0.25) is 0 Å². The molecule has 0 atom stereocenters. The lowest BCUT2D eigenvalue weighted by molar-refractivity contribution is 0.104. The molecule has 2 aromatic rings. The van der Waals surface area contributed by atoms with Crippen molar-refractivity contribution < 1.29 is 9.90 Å². The number of carbonyl (C=O) groups is 1. The molecular formula is C20H21NO2. The van der Waals surface area contributed by atoms with Gasteiger partial charge in [0.1, 0.15) is 0 Å². The summed E-state index contributed by atoms with van der Waals surface area (Å²) in [7, 11) is 0. The summed E-state index contributed by atoms with van der Waals surface area (Å²) in [5, 5.41) is 12.8. The number of aliphatic hydroxyl groups is 1. The Hall–Kier alpha value is -2.39. The Bertz CT molecular complexity index is 760. The van der Waals surface area contributed by atoms with Crippen LogP contribution in [0.1, 0.15) is 40.9 Å². The van der Waals surface area contributed by atoms with Gasteiger partial charge in [-0.05, 0) is 31.4 Å². The molecule has 0 spiro atoms. The van der Waals surface area contributed by atoms with Gasteiger partial charge in [0.15, 0.2) is 5.78 Å². The van der Waals surface area contributed by atoms with E-state index in [1.54, 1.807) is 6.08 Å². The summed E-state index contributed by atoms with van der Waals surface area (Å²) in [4.78, 5) is 12.5. The second-order valence-electron chi connectivity index (χ2n) is 6.62. The van der Waals surface area contributed by atoms with E-state index in [4.69, 9.17) is 0 Å². The highest BCUT2D eigenvalue weighted by Gasteiger charge is 2.28. The fraction of sp³-hybridized carbons (Fsp3) is 0.250. The normalized spacial score (nSPS) is 17.4. The van der Waals surface area contributed by atoms with Gasteiger partial charge in [-0.2, -0.15) is 0 Å². The van der Waals surface area contributed by atoms with Gasteiger partial charge in [-0.3, -0.25) is 4.79 Å². The number of nitrogens with one attached hydrogen (secondary N) is 1. The van der Waals surface area contributed by atoms with Gasteiger partial charge in [-0.25, -0.2) is 0 Å². The van der Waals surface area contributed by atoms with E-state index in [0.717, 1.165) is 28.8 Å². The Morgan fingerprint density at radius 1 is 1.22 bits per heavy atom. The number of hydrogen-bond donors (Lipinski definition) is 2. The molecule has 0 unspecified atom stereocenters. The molecule has 2 N–H and O–H groups in total. The van der Waals surface area contributed by atoms with Gasteiger partial charge >= 0.3 is 0 Å². The molecule has 3 nitrogen and oxygen atoms in total. The number of hydrogen-bond acceptors (Lipinski definition) is 3. The van der Waals surface area contributed by atoms with E-state index in [0.29, 0.717) is 5.56 Å². The van der Waals surface area contributed by atoms with Gasteiger partial charge in [0.25, 0.3) is 0 Å². The van der Waals surface area contributed by atoms with Crippen molar-refractivity contribution in [1.82, 2.24) is 5.32 Å². The van der Waals surface area contributed by atoms with Crippen LogP contribution in [0.25, 0.3) is 5.70 Å². The highest BCUT2D eigenvalue weighted by molar-refractivity contribution is 6.08. The van der Waals surface area contributed by atoms with Crippen LogP contribution >= 0.6 is 0 Å². The molecule has 0 amide bonds. The lowest BCUT2D eigenvalue weighted by Gasteiger charge is -2.35. The van der Waals surface area contributed by atoms with Gasteiger partial charge in [0, 0.05) is 28.4 Å². The maximum atomic E-state index is 12.5. The fourth-order valence-electron chi connectivity index (χ4n) is 3.04. The van der Waals surface area contributed by atoms with Crippen molar-refractivity contribution in [2.75, 3.05) is 0 Å². The minimum Gasteiger partial charge on any atom is -0.392 e. The van der Waals surface area contributed by atoms with Crippen LogP contribution in [0.5, 0.6) is 0 Å². The van der Waals surface area contributed by atoms with Crippen molar-refractivity contribution in [3.63, 3.8) is 0 Å². The molecule has 118 valence electrons. The summed E-state index contributed by atoms with van der Waals surface area (Å²) in [6.07, 6.45) is 2.53. The average Bonchev–Trinajstić information content (AvgIpc) is 2.54. The average molecular weight is 307 g/mol. The van der Waals surface area contributed by atoms with E-state index in [1.165, 1.54) is 0 Å². The third kappa shape index (κ3) is 3.35. The number of carbonyl (C=O) groups excluding carboxylic acids is 1. The summed E-state index contributed by atoms with van der Waals surface area (Å²) < 4.78 is 0. The van der Waals surface area contributed by atoms with Gasteiger partial charge < -0.3 is 10.4 Å². The molecule has 23 heavy (non-hydrogen) atoms. The van der Waals surface area contributed by atoms with Crippen molar-refractivity contribution in [1.29, 1.82) is 0 Å². The Morgan fingerprint density at radius 3 is 2.65 bits per heavy atom. The van der Waals surface area contributed by atoms with Crippen LogP contribution in [0.3, 0.4) is 0 Å². The summed E-state index contributed by atoms with van der Waals surface area (Å²) in [5.41, 5.74) is 4.48. The minimum atomic E-state index is -0.135. The van der Waals surface area contributed by atoms with Crippen LogP contribution < -0.4 is 5.32 Å². The van der Waals surface area contributed by atoms with Gasteiger partial charge in [0.2, 0.25) is 0 Å². The maximum absolute atomic E-state index is 12.5. The van der Waals surface area contributed by atoms with Crippen LogP contribution in [-0.2, 0) is 13.0 Å². The summed E-state index contributed by atoms with van der Waals surface area (Å²) in [5.74, 6) is -0.0111. The second kappa shape index (κ2) is 6.01. The van der Waals surface area contributed by atoms with Gasteiger partial charge in [-0.1, -0.05) is 48.5 Å². The summed E-state index contributed by atoms with van der Waals surface area (Å²) >= 11 is 0. The maximum Gasteiger partial charge on any atom is 0.187 e. The zero-order chi connectivity index (χ0) is 16.4. The molecule has 3 heteroatoms. The molecule has 0 aliphatic carbocycles. The number of fused-ring (bicyclic) bond motifs is 1. The molecule has 0 saturated carbocycles. The first-order valence-electron chi connectivity index (χ1n) is 7.81. The number of allylic oxidation sites excluding steroid dienone is 1. The third-order valence-electron chi connectivity index (χ3n) is 4.08. The zero-order valence-electron chi connectivity index (χ0n) is 13.5. The lowest BCUT2D eigenvalue weighted by Crippen LogP contribution is -2.43. The number of rotatable bonds is 3. The minimum absolute atomic E-state index is 0.0111. The molecule has 3 rings (SSSR count). The fourth-order valence-corrected chi connectivity index (χ4v) is 3.04. The Morgan fingerprint density at radius 2 is 1.96 bits per heavy atom. The SMILES string of the molecule is CC1(C)Cc2cc(CO)ccc2/C(=C/C(=O)c2ccccc2)N1. The van der Waals surface area contributed by atoms with Crippen molar-refractivity contribution in [2.24, 2.45) is 0 Å². The van der Waals surface area contributed by atoms with E-state index in [1.807, 2.05) is 48.5 Å². The van der Waals surface area contributed by atoms with Crippen LogP contribution in [0.4, 0.5) is 0 Å². The van der Waals surface area contributed by atoms with Crippen molar-refractivity contribution >= 4 is 11.5 Å². The van der Waals surface area contributed by atoms with E-state index in [-0.39, 0.29) is 17.9 Å². The first kappa shape index (κ1) is 15.5. The molecular weight excluding hydrogens is 286 g/mol. The Kier molecular flexibility index (Phi) is 4.05. The molecule has 0 radical (unpaired) electrons. The number of aliphatic hydroxyl groups excluding tert-OH is 1.